The molecule has 25 heavy (non-hydrogen) atoms. The molecule has 5 rings (SSSR count). The number of fused-ring (bicyclic) bond motifs is 7. The van der Waals surface area contributed by atoms with Crippen molar-refractivity contribution in [3.8, 4) is 0 Å². The van der Waals surface area contributed by atoms with E-state index in [2.05, 4.69) is 20.8 Å². The van der Waals surface area contributed by atoms with Crippen LogP contribution >= 0.6 is 0 Å². The van der Waals surface area contributed by atoms with Gasteiger partial charge in [-0.25, -0.2) is 0 Å². The van der Waals surface area contributed by atoms with Crippen LogP contribution in [0.2, 0.25) is 0 Å². The van der Waals surface area contributed by atoms with E-state index in [1.165, 1.54) is 44.9 Å². The van der Waals surface area contributed by atoms with Gasteiger partial charge in [-0.3, -0.25) is 0 Å². The first-order chi connectivity index (χ1) is 11.9. The summed E-state index contributed by atoms with van der Waals surface area (Å²) in [6.07, 6.45) is 15.9. The maximum Gasteiger partial charge on any atom is 0.0568 e. The summed E-state index contributed by atoms with van der Waals surface area (Å²) in [5.41, 5.74) is 1.10. The van der Waals surface area contributed by atoms with Crippen LogP contribution in [0.25, 0.3) is 0 Å². The molecule has 0 aromatic heterocycles. The van der Waals surface area contributed by atoms with Crippen molar-refractivity contribution >= 4 is 0 Å². The van der Waals surface area contributed by atoms with Gasteiger partial charge in [0.25, 0.3) is 0 Å². The summed E-state index contributed by atoms with van der Waals surface area (Å²) in [7, 11) is 0. The van der Waals surface area contributed by atoms with Crippen molar-refractivity contribution in [1.82, 2.24) is 0 Å². The van der Waals surface area contributed by atoms with Gasteiger partial charge in [-0.05, 0) is 110 Å². The summed E-state index contributed by atoms with van der Waals surface area (Å²) in [6.45, 7) is 7.72. The SMILES string of the molecule is CC1C(O)CCC2(C)C1CCC1(C)C3CCC4CCC[C@@H]4C3CCC21. The fourth-order valence-electron chi connectivity index (χ4n) is 9.79. The molecule has 5 fully saturated rings. The molecule has 5 aliphatic carbocycles. The summed E-state index contributed by atoms with van der Waals surface area (Å²) in [4.78, 5) is 0. The van der Waals surface area contributed by atoms with Crippen molar-refractivity contribution in [1.29, 1.82) is 0 Å². The van der Waals surface area contributed by atoms with E-state index < -0.39 is 0 Å². The van der Waals surface area contributed by atoms with Crippen molar-refractivity contribution in [2.75, 3.05) is 0 Å². The van der Waals surface area contributed by atoms with Crippen LogP contribution in [0.5, 0.6) is 0 Å². The molecule has 0 heterocycles. The fourth-order valence-corrected chi connectivity index (χ4v) is 9.79. The Kier molecular flexibility index (Phi) is 3.91. The van der Waals surface area contributed by atoms with E-state index in [0.29, 0.717) is 16.7 Å². The lowest BCUT2D eigenvalue weighted by Gasteiger charge is -2.67. The van der Waals surface area contributed by atoms with Crippen LogP contribution in [0.15, 0.2) is 0 Å². The molecule has 0 amide bonds. The van der Waals surface area contributed by atoms with Gasteiger partial charge in [-0.2, -0.15) is 0 Å². The number of hydrogen-bond acceptors (Lipinski definition) is 1. The average molecular weight is 345 g/mol. The standard InChI is InChI=1S/C24H40O/c1-15-19-11-13-24(3)20-9-7-16-5-4-6-17(16)18(20)8-10-22(24)23(19,2)14-12-21(15)25/h15-22,25H,4-14H2,1-3H3/t15?,16?,17-,18?,19?,20?,21?,22?,23?,24?/m0/s1. The van der Waals surface area contributed by atoms with Crippen molar-refractivity contribution in [3.05, 3.63) is 0 Å². The first kappa shape index (κ1) is 17.1. The predicted molar refractivity (Wildman–Crippen MR) is 103 cm³/mol. The van der Waals surface area contributed by atoms with Gasteiger partial charge in [0.15, 0.2) is 0 Å². The molecule has 0 spiro atoms. The molecule has 0 saturated heterocycles. The Morgan fingerprint density at radius 1 is 0.720 bits per heavy atom. The van der Waals surface area contributed by atoms with E-state index in [1.54, 1.807) is 19.3 Å². The van der Waals surface area contributed by atoms with Gasteiger partial charge >= 0.3 is 0 Å². The van der Waals surface area contributed by atoms with E-state index >= 15 is 0 Å². The highest BCUT2D eigenvalue weighted by molar-refractivity contribution is 5.11. The Morgan fingerprint density at radius 2 is 1.48 bits per heavy atom. The van der Waals surface area contributed by atoms with Crippen LogP contribution in [0, 0.1) is 52.3 Å². The molecule has 9 unspecified atom stereocenters. The molecule has 1 N–H and O–H groups in total. The summed E-state index contributed by atoms with van der Waals surface area (Å²) in [5, 5.41) is 10.5. The minimum absolute atomic E-state index is 0.0345. The summed E-state index contributed by atoms with van der Waals surface area (Å²) in [6, 6.07) is 0. The van der Waals surface area contributed by atoms with E-state index in [9.17, 15) is 5.11 Å². The predicted octanol–water partition coefficient (Wildman–Crippen LogP) is 6.05. The average Bonchev–Trinajstić information content (AvgIpc) is 3.07. The Bertz CT molecular complexity index is 528. The smallest absolute Gasteiger partial charge is 0.0568 e. The molecule has 5 aliphatic rings. The second-order valence-electron chi connectivity index (χ2n) is 11.5. The molecule has 0 bridgehead atoms. The quantitative estimate of drug-likeness (QED) is 0.567. The van der Waals surface area contributed by atoms with Gasteiger partial charge in [0.1, 0.15) is 0 Å². The largest absolute Gasteiger partial charge is 0.393 e. The maximum absolute atomic E-state index is 10.5. The molecule has 0 aromatic rings. The first-order valence-corrected chi connectivity index (χ1v) is 11.6. The zero-order chi connectivity index (χ0) is 17.4. The Labute approximate surface area is 155 Å². The molecule has 0 aromatic carbocycles. The second-order valence-corrected chi connectivity index (χ2v) is 11.5. The highest BCUT2D eigenvalue weighted by atomic mass is 16.3. The summed E-state index contributed by atoms with van der Waals surface area (Å²) in [5.74, 6) is 6.49. The number of rotatable bonds is 0. The fraction of sp³-hybridized carbons (Fsp3) is 1.00. The van der Waals surface area contributed by atoms with Crippen molar-refractivity contribution in [3.63, 3.8) is 0 Å². The highest BCUT2D eigenvalue weighted by Crippen LogP contribution is 2.70. The summed E-state index contributed by atoms with van der Waals surface area (Å²) < 4.78 is 0. The van der Waals surface area contributed by atoms with Gasteiger partial charge in [0.05, 0.1) is 6.10 Å². The first-order valence-electron chi connectivity index (χ1n) is 11.6. The van der Waals surface area contributed by atoms with Gasteiger partial charge in [-0.15, -0.1) is 0 Å². The third-order valence-electron chi connectivity index (χ3n) is 10.9. The van der Waals surface area contributed by atoms with Gasteiger partial charge in [-0.1, -0.05) is 33.6 Å². The van der Waals surface area contributed by atoms with Crippen LogP contribution in [0.4, 0.5) is 0 Å². The Morgan fingerprint density at radius 3 is 2.32 bits per heavy atom. The van der Waals surface area contributed by atoms with Crippen LogP contribution in [0.1, 0.15) is 91.4 Å². The van der Waals surface area contributed by atoms with Crippen LogP contribution in [-0.4, -0.2) is 11.2 Å². The molecule has 0 radical (unpaired) electrons. The van der Waals surface area contributed by atoms with E-state index in [1.807, 2.05) is 0 Å². The molecule has 1 nitrogen and oxygen atoms in total. The van der Waals surface area contributed by atoms with Gasteiger partial charge in [0.2, 0.25) is 0 Å². The van der Waals surface area contributed by atoms with Gasteiger partial charge < -0.3 is 5.11 Å². The van der Waals surface area contributed by atoms with Crippen molar-refractivity contribution in [2.45, 2.75) is 97.5 Å². The lowest BCUT2D eigenvalue weighted by molar-refractivity contribution is -0.188. The molecule has 142 valence electrons. The molecular weight excluding hydrogens is 304 g/mol. The zero-order valence-corrected chi connectivity index (χ0v) is 16.8. The molecule has 5 saturated carbocycles. The molecule has 10 atom stereocenters. The van der Waals surface area contributed by atoms with Gasteiger partial charge in [0, 0.05) is 0 Å². The molecule has 0 aliphatic heterocycles. The number of hydrogen-bond donors (Lipinski definition) is 1. The maximum atomic E-state index is 10.5. The zero-order valence-electron chi connectivity index (χ0n) is 16.8. The van der Waals surface area contributed by atoms with Crippen LogP contribution in [0.3, 0.4) is 0 Å². The number of aliphatic hydroxyl groups is 1. The molecular formula is C24H40O. The number of aliphatic hydroxyl groups excluding tert-OH is 1. The monoisotopic (exact) mass is 344 g/mol. The topological polar surface area (TPSA) is 20.2 Å². The third kappa shape index (κ3) is 2.23. The minimum Gasteiger partial charge on any atom is -0.393 e. The third-order valence-corrected chi connectivity index (χ3v) is 10.9. The lowest BCUT2D eigenvalue weighted by Crippen LogP contribution is -2.60. The Hall–Kier alpha value is -0.0400. The van der Waals surface area contributed by atoms with E-state index in [-0.39, 0.29) is 6.10 Å². The van der Waals surface area contributed by atoms with Crippen LogP contribution in [-0.2, 0) is 0 Å². The Balaban J connectivity index is 1.46. The molecule has 1 heteroatoms. The van der Waals surface area contributed by atoms with Crippen molar-refractivity contribution < 1.29 is 5.11 Å². The van der Waals surface area contributed by atoms with E-state index in [0.717, 1.165) is 41.9 Å². The normalized spacial score (nSPS) is 61.0. The second kappa shape index (κ2) is 5.73. The highest BCUT2D eigenvalue weighted by Gasteiger charge is 2.62. The summed E-state index contributed by atoms with van der Waals surface area (Å²) >= 11 is 0. The minimum atomic E-state index is -0.0345. The van der Waals surface area contributed by atoms with Crippen molar-refractivity contribution in [2.24, 2.45) is 52.3 Å². The van der Waals surface area contributed by atoms with Crippen LogP contribution < -0.4 is 0 Å². The van der Waals surface area contributed by atoms with E-state index in [4.69, 9.17) is 0 Å². The lowest BCUT2D eigenvalue weighted by atomic mass is 9.38.